The topological polar surface area (TPSA) is 569 Å². The SMILES string of the molecule is NCCCCO[C@H]1[C@H]2O[C@H]3[C@@H](O)[C@H](O)[C@@H](O[C@H]4[C@@H](O)[C@H](O)[C@@H](O[C@H]5[C@@H](O)[C@H](O)[C@@H](O[C@H]6[C@H](O)[C@@H](O)[C@@H](O[C@H]7[C@H](O)[C@@H](O)[C@@H](O[C@H]8[C@H](O)[C@@H](O)[C@@H](O[C@@H]([C@@H]1O)[C@@H](CO)O2)O[C@@H]8CO)O[C@@H]7CO)O[C@@H]6CO)O[C@@H]5CO)O[C@@H]4CO)O[C@@H]3CO. The molecule has 14 bridgehead atoms. The molecule has 0 aromatic rings. The van der Waals surface area contributed by atoms with Crippen molar-refractivity contribution >= 4 is 0 Å². The molecule has 478 valence electrons. The fraction of sp³-hybridized carbons (Fsp3) is 1.00. The number of ether oxygens (including phenoxy) is 15. The molecule has 15 aliphatic rings. The van der Waals surface area contributed by atoms with E-state index in [0.29, 0.717) is 6.42 Å². The highest BCUT2D eigenvalue weighted by Crippen LogP contribution is 2.39. The lowest BCUT2D eigenvalue weighted by molar-refractivity contribution is -0.398. The Balaban J connectivity index is 1.10. The third-order valence-electron chi connectivity index (χ3n) is 15.7. The standard InChI is InChI=1S/C46H79NO35/c47-3-1-2-4-68-39-31(67)38-18(11-54)75-46(39)82-37-17(10-53)74-44(30(66)24(37)60)80-35-15(8-51)72-42(28(64)22(35)58)78-33-13(6-49)70-40(26(62)20(33)56)76-32-12(5-48)69-41(25(61)19(32)55)77-34-14(7-50)71-43(27(63)21(34)57)79-36-16(9-52)73-45(81-38)29(65)23(36)59/h12-46,48-67H,1-11,47H2/t12-,13-,14-,15-,16-,17-,18-,19-,20+,21-,22+,23-,24+,25-,26+,27-,28+,29-,30+,31+,32-,33-,34-,35-,36-,37-,38-,39-,40-,41-,42-,43-,44-,45-,46-/m1/s1. The number of rotatable bonds is 12. The van der Waals surface area contributed by atoms with E-state index < -0.39 is 261 Å². The summed E-state index contributed by atoms with van der Waals surface area (Å²) in [7, 11) is 0. The van der Waals surface area contributed by atoms with Crippen LogP contribution in [0.15, 0.2) is 0 Å². The zero-order chi connectivity index (χ0) is 59.6. The minimum absolute atomic E-state index is 0.154. The maximum atomic E-state index is 12.0. The Morgan fingerprint density at radius 1 is 0.244 bits per heavy atom. The molecule has 0 spiro atoms. The zero-order valence-corrected chi connectivity index (χ0v) is 43.6. The Kier molecular flexibility index (Phi) is 23.7. The van der Waals surface area contributed by atoms with Gasteiger partial charge in [-0.2, -0.15) is 0 Å². The summed E-state index contributed by atoms with van der Waals surface area (Å²) in [5, 5.41) is 222. The molecule has 0 radical (unpaired) electrons. The quantitative estimate of drug-likeness (QED) is 0.0807. The minimum Gasteiger partial charge on any atom is -0.394 e. The number of nitrogens with two attached hydrogens (primary N) is 1. The number of unbranched alkanes of at least 4 members (excludes halogenated alkanes) is 1. The maximum Gasteiger partial charge on any atom is 0.187 e. The summed E-state index contributed by atoms with van der Waals surface area (Å²) in [6, 6.07) is 0. The van der Waals surface area contributed by atoms with Gasteiger partial charge in [-0.1, -0.05) is 0 Å². The van der Waals surface area contributed by atoms with E-state index in [9.17, 15) is 102 Å². The summed E-state index contributed by atoms with van der Waals surface area (Å²) in [6.45, 7) is -7.14. The molecule has 0 aromatic carbocycles. The van der Waals surface area contributed by atoms with Crippen LogP contribution in [0, 0.1) is 0 Å². The molecule has 0 saturated carbocycles. The lowest BCUT2D eigenvalue weighted by Crippen LogP contribution is -2.68. The van der Waals surface area contributed by atoms with Crippen molar-refractivity contribution in [3.05, 3.63) is 0 Å². The molecule has 15 saturated heterocycles. The molecule has 0 aromatic heterocycles. The molecular weight excluding hydrogens is 1130 g/mol. The first-order chi connectivity index (χ1) is 39.2. The summed E-state index contributed by atoms with van der Waals surface area (Å²) in [5.74, 6) is 0. The van der Waals surface area contributed by atoms with Crippen LogP contribution in [-0.2, 0) is 71.1 Å². The number of fused-ring (bicyclic) bond motifs is 7. The number of hydrogen-bond donors (Lipinski definition) is 21. The van der Waals surface area contributed by atoms with Crippen molar-refractivity contribution in [1.82, 2.24) is 0 Å². The van der Waals surface area contributed by atoms with Crippen LogP contribution in [0.4, 0.5) is 0 Å². The molecule has 36 heteroatoms. The Morgan fingerprint density at radius 3 is 0.646 bits per heavy atom. The number of aliphatic hydroxyl groups excluding tert-OH is 20. The van der Waals surface area contributed by atoms with E-state index in [1.54, 1.807) is 0 Å². The average molecular weight is 1210 g/mol. The molecule has 22 N–H and O–H groups in total. The van der Waals surface area contributed by atoms with E-state index in [0.717, 1.165) is 0 Å². The number of hydrogen-bond acceptors (Lipinski definition) is 36. The van der Waals surface area contributed by atoms with Crippen LogP contribution in [0.5, 0.6) is 0 Å². The van der Waals surface area contributed by atoms with Crippen molar-refractivity contribution in [2.24, 2.45) is 5.73 Å². The van der Waals surface area contributed by atoms with Crippen LogP contribution in [0.2, 0.25) is 0 Å². The highest BCUT2D eigenvalue weighted by Gasteiger charge is 2.60. The normalized spacial score (nSPS) is 52.7. The third-order valence-corrected chi connectivity index (χ3v) is 15.7. The highest BCUT2D eigenvalue weighted by atomic mass is 16.8. The van der Waals surface area contributed by atoms with Gasteiger partial charge in [-0.15, -0.1) is 0 Å². The minimum atomic E-state index is -2.21. The summed E-state index contributed by atoms with van der Waals surface area (Å²) in [4.78, 5) is 0. The molecular formula is C46H79NO35. The molecule has 35 atom stereocenters. The monoisotopic (exact) mass is 1210 g/mol. The molecule has 15 aliphatic heterocycles. The van der Waals surface area contributed by atoms with Crippen LogP contribution in [0.25, 0.3) is 0 Å². The van der Waals surface area contributed by atoms with Crippen LogP contribution in [0.1, 0.15) is 12.8 Å². The Hall–Kier alpha value is -1.44. The number of aliphatic hydroxyl groups is 20. The van der Waals surface area contributed by atoms with Crippen molar-refractivity contribution in [2.45, 2.75) is 228 Å². The Morgan fingerprint density at radius 2 is 0.439 bits per heavy atom. The Labute approximate surface area is 465 Å². The van der Waals surface area contributed by atoms with Gasteiger partial charge in [-0.3, -0.25) is 0 Å². The summed E-state index contributed by atoms with van der Waals surface area (Å²) < 4.78 is 87.1. The second-order valence-electron chi connectivity index (χ2n) is 21.0. The third kappa shape index (κ3) is 13.6. The first kappa shape index (κ1) is 66.5. The predicted molar refractivity (Wildman–Crippen MR) is 250 cm³/mol. The lowest BCUT2D eigenvalue weighted by atomic mass is 9.95. The van der Waals surface area contributed by atoms with E-state index in [2.05, 4.69) is 0 Å². The van der Waals surface area contributed by atoms with E-state index in [1.165, 1.54) is 0 Å². The van der Waals surface area contributed by atoms with E-state index in [-0.39, 0.29) is 19.6 Å². The van der Waals surface area contributed by atoms with Gasteiger partial charge in [0.2, 0.25) is 0 Å². The van der Waals surface area contributed by atoms with Gasteiger partial charge in [0.15, 0.2) is 44.0 Å². The molecule has 36 nitrogen and oxygen atoms in total. The smallest absolute Gasteiger partial charge is 0.187 e. The fourth-order valence-electron chi connectivity index (χ4n) is 11.0. The molecule has 82 heavy (non-hydrogen) atoms. The largest absolute Gasteiger partial charge is 0.394 e. The molecule has 15 heterocycles. The van der Waals surface area contributed by atoms with Gasteiger partial charge in [0.25, 0.3) is 0 Å². The second kappa shape index (κ2) is 29.3. The van der Waals surface area contributed by atoms with Crippen molar-refractivity contribution in [1.29, 1.82) is 0 Å². The average Bonchev–Trinajstić information content (AvgIpc) is 3.20. The van der Waals surface area contributed by atoms with Crippen molar-refractivity contribution in [3.8, 4) is 0 Å². The maximum absolute atomic E-state index is 12.0. The van der Waals surface area contributed by atoms with Crippen LogP contribution in [0.3, 0.4) is 0 Å². The molecule has 15 rings (SSSR count). The first-order valence-corrected chi connectivity index (χ1v) is 26.8. The molecule has 0 unspecified atom stereocenters. The van der Waals surface area contributed by atoms with Crippen molar-refractivity contribution < 1.29 is 173 Å². The van der Waals surface area contributed by atoms with Gasteiger partial charge in [-0.05, 0) is 19.4 Å². The van der Waals surface area contributed by atoms with Gasteiger partial charge >= 0.3 is 0 Å². The molecule has 0 aliphatic carbocycles. The lowest BCUT2D eigenvalue weighted by Gasteiger charge is -2.50. The highest BCUT2D eigenvalue weighted by molar-refractivity contribution is 5.02. The van der Waals surface area contributed by atoms with Crippen molar-refractivity contribution in [3.63, 3.8) is 0 Å². The summed E-state index contributed by atoms with van der Waals surface area (Å²) >= 11 is 0. The van der Waals surface area contributed by atoms with Gasteiger partial charge < -0.3 is 179 Å². The van der Waals surface area contributed by atoms with Gasteiger partial charge in [0.05, 0.1) is 46.2 Å². The van der Waals surface area contributed by atoms with Crippen LogP contribution >= 0.6 is 0 Å². The van der Waals surface area contributed by atoms with Crippen LogP contribution < -0.4 is 5.73 Å². The predicted octanol–water partition coefficient (Wildman–Crippen LogP) is -14.5. The Bertz CT molecular complexity index is 1920. The second-order valence-corrected chi connectivity index (χ2v) is 21.0. The van der Waals surface area contributed by atoms with Gasteiger partial charge in [-0.25, -0.2) is 0 Å². The first-order valence-electron chi connectivity index (χ1n) is 26.8. The van der Waals surface area contributed by atoms with Crippen LogP contribution in [-0.4, -0.2) is 376 Å². The van der Waals surface area contributed by atoms with Crippen molar-refractivity contribution in [2.75, 3.05) is 59.4 Å². The van der Waals surface area contributed by atoms with E-state index >= 15 is 0 Å². The zero-order valence-electron chi connectivity index (χ0n) is 43.6. The van der Waals surface area contributed by atoms with E-state index in [1.807, 2.05) is 0 Å². The fourth-order valence-corrected chi connectivity index (χ4v) is 11.0. The summed E-state index contributed by atoms with van der Waals surface area (Å²) in [5.41, 5.74) is 5.66. The molecule has 15 fully saturated rings. The van der Waals surface area contributed by atoms with E-state index in [4.69, 9.17) is 76.8 Å². The van der Waals surface area contributed by atoms with Gasteiger partial charge in [0, 0.05) is 6.61 Å². The molecule has 0 amide bonds. The van der Waals surface area contributed by atoms with Gasteiger partial charge in [0.1, 0.15) is 171 Å². The summed E-state index contributed by atoms with van der Waals surface area (Å²) in [6.07, 6.45) is -68.1.